The molecule has 0 saturated carbocycles. The summed E-state index contributed by atoms with van der Waals surface area (Å²) < 4.78 is 23.4. The number of carbonyl (C=O) groups is 1. The number of aromatic nitrogens is 4. The van der Waals surface area contributed by atoms with E-state index in [0.29, 0.717) is 55.3 Å². The Kier molecular flexibility index (Phi) is 6.67. The Bertz CT molecular complexity index is 1840. The van der Waals surface area contributed by atoms with Crippen molar-refractivity contribution in [3.8, 4) is 28.0 Å². The SMILES string of the molecule is [C-]#[N+]c1cncc(NC(=O)OC[C@H]2COc3c(cc(Cl)c4nc(-c5cc(C)cc6nc(OC)cnc56)sc34)O2)c1. The van der Waals surface area contributed by atoms with E-state index in [9.17, 15) is 4.79 Å². The summed E-state index contributed by atoms with van der Waals surface area (Å²) in [5, 5.41) is 3.65. The Hall–Kier alpha value is -4.73. The summed E-state index contributed by atoms with van der Waals surface area (Å²) in [6, 6.07) is 7.09. The molecule has 200 valence electrons. The Morgan fingerprint density at radius 2 is 2.10 bits per heavy atom. The summed E-state index contributed by atoms with van der Waals surface area (Å²) >= 11 is 8.03. The number of nitrogens with one attached hydrogen (secondary N) is 1. The number of carbonyl (C=O) groups excluding carboxylic acids is 1. The number of pyridine rings is 1. The van der Waals surface area contributed by atoms with Crippen molar-refractivity contribution in [1.82, 2.24) is 19.9 Å². The van der Waals surface area contributed by atoms with Crippen LogP contribution in [-0.2, 0) is 4.74 Å². The lowest BCUT2D eigenvalue weighted by atomic mass is 10.1. The first-order chi connectivity index (χ1) is 19.4. The normalized spacial score (nSPS) is 14.1. The fraction of sp³-hybridized carbons (Fsp3) is 0.185. The molecule has 0 bridgehead atoms. The molecule has 4 heterocycles. The van der Waals surface area contributed by atoms with Crippen LogP contribution in [0.5, 0.6) is 17.4 Å². The van der Waals surface area contributed by atoms with E-state index < -0.39 is 12.2 Å². The van der Waals surface area contributed by atoms with Crippen molar-refractivity contribution in [3.63, 3.8) is 0 Å². The average molecular weight is 575 g/mol. The first kappa shape index (κ1) is 25.5. The number of rotatable bonds is 5. The van der Waals surface area contributed by atoms with Gasteiger partial charge >= 0.3 is 6.09 Å². The van der Waals surface area contributed by atoms with Crippen LogP contribution in [0.1, 0.15) is 5.56 Å². The lowest BCUT2D eigenvalue weighted by Gasteiger charge is -2.26. The molecule has 1 aliphatic rings. The molecule has 5 aromatic rings. The molecule has 0 saturated heterocycles. The highest BCUT2D eigenvalue weighted by atomic mass is 35.5. The van der Waals surface area contributed by atoms with Crippen molar-refractivity contribution >= 4 is 61.7 Å². The van der Waals surface area contributed by atoms with Crippen molar-refractivity contribution in [2.24, 2.45) is 0 Å². The molecule has 6 rings (SSSR count). The molecule has 0 unspecified atom stereocenters. The second-order valence-electron chi connectivity index (χ2n) is 8.79. The van der Waals surface area contributed by atoms with E-state index >= 15 is 0 Å². The van der Waals surface area contributed by atoms with Crippen LogP contribution in [0.15, 0.2) is 42.9 Å². The summed E-state index contributed by atoms with van der Waals surface area (Å²) in [5.74, 6) is 1.38. The van der Waals surface area contributed by atoms with Crippen LogP contribution in [0.4, 0.5) is 16.2 Å². The molecule has 1 amide bonds. The largest absolute Gasteiger partial charge is 0.484 e. The van der Waals surface area contributed by atoms with Gasteiger partial charge in [-0.2, -0.15) is 0 Å². The number of hydrogen-bond acceptors (Lipinski definition) is 10. The number of halogens is 1. The number of methoxy groups -OCH3 is 1. The molecule has 1 atom stereocenters. The van der Waals surface area contributed by atoms with Crippen LogP contribution < -0.4 is 19.5 Å². The topological polar surface area (TPSA) is 122 Å². The van der Waals surface area contributed by atoms with Gasteiger partial charge in [0.15, 0.2) is 17.6 Å². The zero-order valence-electron chi connectivity index (χ0n) is 21.1. The van der Waals surface area contributed by atoms with Gasteiger partial charge in [0, 0.05) is 24.0 Å². The molecule has 40 heavy (non-hydrogen) atoms. The maximum Gasteiger partial charge on any atom is 0.411 e. The molecule has 3 aromatic heterocycles. The predicted molar refractivity (Wildman–Crippen MR) is 150 cm³/mol. The van der Waals surface area contributed by atoms with Crippen molar-refractivity contribution < 1.29 is 23.7 Å². The van der Waals surface area contributed by atoms with E-state index in [2.05, 4.69) is 25.1 Å². The number of thiazole rings is 1. The minimum atomic E-state index is -0.704. The first-order valence-electron chi connectivity index (χ1n) is 11.9. The van der Waals surface area contributed by atoms with Crippen LogP contribution in [0.3, 0.4) is 0 Å². The second-order valence-corrected chi connectivity index (χ2v) is 10.2. The van der Waals surface area contributed by atoms with Gasteiger partial charge in [0.25, 0.3) is 0 Å². The van der Waals surface area contributed by atoms with Crippen LogP contribution in [-0.4, -0.2) is 52.5 Å². The Labute approximate surface area is 236 Å². The third-order valence-corrected chi connectivity index (χ3v) is 7.33. The number of anilines is 1. The molecule has 0 spiro atoms. The molecule has 13 heteroatoms. The second kappa shape index (κ2) is 10.4. The van der Waals surface area contributed by atoms with Crippen LogP contribution in [0, 0.1) is 13.5 Å². The summed E-state index contributed by atoms with van der Waals surface area (Å²) in [7, 11) is 1.55. The average Bonchev–Trinajstić information content (AvgIpc) is 3.41. The predicted octanol–water partition coefficient (Wildman–Crippen LogP) is 6.21. The van der Waals surface area contributed by atoms with E-state index in [1.807, 2.05) is 19.1 Å². The molecule has 11 nitrogen and oxygen atoms in total. The van der Waals surface area contributed by atoms with Gasteiger partial charge in [-0.1, -0.05) is 11.6 Å². The van der Waals surface area contributed by atoms with Gasteiger partial charge in [0.1, 0.15) is 28.4 Å². The Morgan fingerprint density at radius 1 is 1.23 bits per heavy atom. The molecule has 0 radical (unpaired) electrons. The first-order valence-corrected chi connectivity index (χ1v) is 13.1. The van der Waals surface area contributed by atoms with Gasteiger partial charge in [-0.25, -0.2) is 24.6 Å². The third-order valence-electron chi connectivity index (χ3n) is 5.96. The maximum absolute atomic E-state index is 12.2. The number of amides is 1. The van der Waals surface area contributed by atoms with Crippen LogP contribution in [0.2, 0.25) is 5.02 Å². The number of hydrogen-bond donors (Lipinski definition) is 1. The highest BCUT2D eigenvalue weighted by Gasteiger charge is 2.28. The van der Waals surface area contributed by atoms with Gasteiger partial charge in [0.2, 0.25) is 11.6 Å². The van der Waals surface area contributed by atoms with Gasteiger partial charge < -0.3 is 18.9 Å². The number of benzene rings is 2. The number of fused-ring (bicyclic) bond motifs is 4. The summed E-state index contributed by atoms with van der Waals surface area (Å²) in [6.45, 7) is 9.11. The maximum atomic E-state index is 12.2. The zero-order chi connectivity index (χ0) is 27.8. The van der Waals surface area contributed by atoms with Gasteiger partial charge in [-0.15, -0.1) is 11.3 Å². The van der Waals surface area contributed by atoms with E-state index in [1.54, 1.807) is 19.4 Å². The number of ether oxygens (including phenoxy) is 4. The van der Waals surface area contributed by atoms with Crippen molar-refractivity contribution in [2.45, 2.75) is 13.0 Å². The fourth-order valence-electron chi connectivity index (χ4n) is 4.20. The van der Waals surface area contributed by atoms with Crippen LogP contribution >= 0.6 is 22.9 Å². The molecular weight excluding hydrogens is 556 g/mol. The highest BCUT2D eigenvalue weighted by Crippen LogP contribution is 2.47. The standard InChI is InChI=1S/C27H19ClN6O5S/c1-13-4-17(22-19(5-13)33-21(36-3)10-31-22)26-34-23-18(28)7-20-24(25(23)40-26)37-11-16(39-20)12-38-27(35)32-15-6-14(29-2)8-30-9-15/h4-10,16H,11-12H2,1,3H3,(H,32,35)/t16-/m1/s1. The summed E-state index contributed by atoms with van der Waals surface area (Å²) in [4.78, 5) is 33.3. The molecule has 0 aliphatic carbocycles. The third kappa shape index (κ3) is 4.88. The van der Waals surface area contributed by atoms with Gasteiger partial charge in [-0.3, -0.25) is 10.3 Å². The van der Waals surface area contributed by atoms with E-state index in [-0.39, 0.29) is 13.2 Å². The number of nitrogens with zero attached hydrogens (tertiary/aromatic N) is 5. The minimum Gasteiger partial charge on any atom is -0.484 e. The lowest BCUT2D eigenvalue weighted by Crippen LogP contribution is -2.35. The van der Waals surface area contributed by atoms with E-state index in [4.69, 9.17) is 42.1 Å². The zero-order valence-corrected chi connectivity index (χ0v) is 22.7. The smallest absolute Gasteiger partial charge is 0.411 e. The lowest BCUT2D eigenvalue weighted by molar-refractivity contribution is 0.0384. The van der Waals surface area contributed by atoms with E-state index in [1.165, 1.54) is 29.8 Å². The Balaban J connectivity index is 1.23. The summed E-state index contributed by atoms with van der Waals surface area (Å²) in [5.41, 5.74) is 4.46. The molecule has 0 fully saturated rings. The minimum absolute atomic E-state index is 0.0672. The van der Waals surface area contributed by atoms with Crippen LogP contribution in [0.25, 0.3) is 36.7 Å². The highest BCUT2D eigenvalue weighted by molar-refractivity contribution is 7.22. The molecule has 1 aliphatic heterocycles. The van der Waals surface area contributed by atoms with Crippen molar-refractivity contribution in [3.05, 3.63) is 64.9 Å². The molecule has 2 aromatic carbocycles. The quantitative estimate of drug-likeness (QED) is 0.244. The fourth-order valence-corrected chi connectivity index (χ4v) is 5.59. The van der Waals surface area contributed by atoms with Gasteiger partial charge in [-0.05, 0) is 30.7 Å². The van der Waals surface area contributed by atoms with Crippen molar-refractivity contribution in [1.29, 1.82) is 0 Å². The van der Waals surface area contributed by atoms with E-state index in [0.717, 1.165) is 15.8 Å². The summed E-state index contributed by atoms with van der Waals surface area (Å²) in [6.07, 6.45) is 3.13. The van der Waals surface area contributed by atoms with Gasteiger partial charge in [0.05, 0.1) is 41.6 Å². The molecular formula is C27H19ClN6O5S. The monoisotopic (exact) mass is 574 g/mol. The molecule has 1 N–H and O–H groups in total. The van der Waals surface area contributed by atoms with Crippen molar-refractivity contribution in [2.75, 3.05) is 25.6 Å². The Morgan fingerprint density at radius 3 is 2.92 bits per heavy atom. The number of aryl methyl sites for hydroxylation is 1.